The summed E-state index contributed by atoms with van der Waals surface area (Å²) in [7, 11) is 1.43. The molecular formula is C14H12ClFINO. The zero-order chi connectivity index (χ0) is 14.0. The first kappa shape index (κ1) is 14.6. The van der Waals surface area contributed by atoms with E-state index in [2.05, 4.69) is 22.6 Å². The Bertz CT molecular complexity index is 606. The highest BCUT2D eigenvalue weighted by Crippen LogP contribution is 2.31. The second kappa shape index (κ2) is 6.07. The molecule has 2 N–H and O–H groups in total. The fourth-order valence-electron chi connectivity index (χ4n) is 1.85. The summed E-state index contributed by atoms with van der Waals surface area (Å²) >= 11 is 8.13. The minimum Gasteiger partial charge on any atom is -0.494 e. The Morgan fingerprint density at radius 2 is 2.00 bits per heavy atom. The van der Waals surface area contributed by atoms with E-state index in [1.165, 1.54) is 7.11 Å². The number of methoxy groups -OCH3 is 1. The van der Waals surface area contributed by atoms with Gasteiger partial charge in [-0.1, -0.05) is 23.7 Å². The number of rotatable bonds is 3. The molecule has 0 amide bonds. The molecule has 1 atom stereocenters. The van der Waals surface area contributed by atoms with Crippen molar-refractivity contribution in [2.75, 3.05) is 7.11 Å². The Labute approximate surface area is 129 Å². The molecule has 0 heterocycles. The summed E-state index contributed by atoms with van der Waals surface area (Å²) in [6.07, 6.45) is 0. The third-order valence-electron chi connectivity index (χ3n) is 2.84. The molecule has 2 rings (SSSR count). The van der Waals surface area contributed by atoms with Gasteiger partial charge in [0.25, 0.3) is 0 Å². The maximum absolute atomic E-state index is 14.2. The van der Waals surface area contributed by atoms with Crippen LogP contribution in [0.25, 0.3) is 0 Å². The molecule has 0 saturated heterocycles. The number of benzene rings is 2. The van der Waals surface area contributed by atoms with E-state index in [0.29, 0.717) is 10.6 Å². The highest BCUT2D eigenvalue weighted by Gasteiger charge is 2.18. The predicted molar refractivity (Wildman–Crippen MR) is 83.2 cm³/mol. The number of nitrogens with two attached hydrogens (primary N) is 1. The molecule has 0 bridgehead atoms. The number of halogens is 3. The van der Waals surface area contributed by atoms with Gasteiger partial charge in [0.2, 0.25) is 0 Å². The van der Waals surface area contributed by atoms with E-state index in [9.17, 15) is 4.39 Å². The summed E-state index contributed by atoms with van der Waals surface area (Å²) < 4.78 is 20.1. The van der Waals surface area contributed by atoms with Crippen LogP contribution in [0.5, 0.6) is 5.75 Å². The van der Waals surface area contributed by atoms with Crippen molar-refractivity contribution < 1.29 is 9.13 Å². The van der Waals surface area contributed by atoms with Crippen molar-refractivity contribution in [2.24, 2.45) is 5.73 Å². The second-order valence-corrected chi connectivity index (χ2v) is 5.61. The molecular weight excluding hydrogens is 380 g/mol. The van der Waals surface area contributed by atoms with Gasteiger partial charge in [-0.15, -0.1) is 0 Å². The molecule has 0 radical (unpaired) electrons. The summed E-state index contributed by atoms with van der Waals surface area (Å²) in [5, 5.41) is 0.578. The molecule has 0 aliphatic carbocycles. The Balaban J connectivity index is 2.50. The Morgan fingerprint density at radius 3 is 2.68 bits per heavy atom. The summed E-state index contributed by atoms with van der Waals surface area (Å²) in [5.41, 5.74) is 7.33. The zero-order valence-corrected chi connectivity index (χ0v) is 13.1. The maximum atomic E-state index is 14.2. The molecule has 2 aromatic rings. The minimum atomic E-state index is -0.583. The summed E-state index contributed by atoms with van der Waals surface area (Å²) in [5.74, 6) is -0.252. The number of ether oxygens (including phenoxy) is 1. The van der Waals surface area contributed by atoms with Crippen LogP contribution < -0.4 is 10.5 Å². The molecule has 19 heavy (non-hydrogen) atoms. The first-order valence-corrected chi connectivity index (χ1v) is 7.03. The fraction of sp³-hybridized carbons (Fsp3) is 0.143. The third-order valence-corrected chi connectivity index (χ3v) is 4.06. The normalized spacial score (nSPS) is 12.3. The molecule has 0 aliphatic heterocycles. The lowest BCUT2D eigenvalue weighted by molar-refractivity contribution is 0.383. The van der Waals surface area contributed by atoms with Crippen LogP contribution >= 0.6 is 34.2 Å². The average Bonchev–Trinajstić information content (AvgIpc) is 2.41. The van der Waals surface area contributed by atoms with Crippen molar-refractivity contribution in [1.29, 1.82) is 0 Å². The van der Waals surface area contributed by atoms with E-state index in [1.54, 1.807) is 30.3 Å². The van der Waals surface area contributed by atoms with Gasteiger partial charge < -0.3 is 10.5 Å². The van der Waals surface area contributed by atoms with Crippen LogP contribution in [0.4, 0.5) is 4.39 Å². The van der Waals surface area contributed by atoms with E-state index in [0.717, 1.165) is 9.13 Å². The first-order chi connectivity index (χ1) is 9.04. The molecule has 0 saturated carbocycles. The first-order valence-electron chi connectivity index (χ1n) is 5.57. The summed E-state index contributed by atoms with van der Waals surface area (Å²) in [4.78, 5) is 0. The molecule has 5 heteroatoms. The van der Waals surface area contributed by atoms with Crippen molar-refractivity contribution >= 4 is 34.2 Å². The highest BCUT2D eigenvalue weighted by atomic mass is 127. The van der Waals surface area contributed by atoms with Crippen LogP contribution in [0.15, 0.2) is 36.4 Å². The van der Waals surface area contributed by atoms with Crippen LogP contribution in [-0.4, -0.2) is 7.11 Å². The van der Waals surface area contributed by atoms with Crippen LogP contribution in [0.2, 0.25) is 5.02 Å². The largest absolute Gasteiger partial charge is 0.494 e. The molecule has 0 aliphatic rings. The molecule has 0 fully saturated rings. The van der Waals surface area contributed by atoms with Crippen LogP contribution in [-0.2, 0) is 0 Å². The predicted octanol–water partition coefficient (Wildman–Crippen LogP) is 4.14. The fourth-order valence-corrected chi connectivity index (χ4v) is 2.70. The van der Waals surface area contributed by atoms with E-state index in [1.807, 2.05) is 6.07 Å². The van der Waals surface area contributed by atoms with Gasteiger partial charge in [0, 0.05) is 14.2 Å². The van der Waals surface area contributed by atoms with Crippen molar-refractivity contribution in [3.05, 3.63) is 61.9 Å². The van der Waals surface area contributed by atoms with Gasteiger partial charge in [0.1, 0.15) is 0 Å². The lowest BCUT2D eigenvalue weighted by Gasteiger charge is -2.16. The average molecular weight is 392 g/mol. The van der Waals surface area contributed by atoms with E-state index >= 15 is 0 Å². The quantitative estimate of drug-likeness (QED) is 0.798. The number of hydrogen-bond acceptors (Lipinski definition) is 2. The van der Waals surface area contributed by atoms with Crippen molar-refractivity contribution in [3.63, 3.8) is 0 Å². The molecule has 0 aromatic heterocycles. The zero-order valence-electron chi connectivity index (χ0n) is 10.2. The highest BCUT2D eigenvalue weighted by molar-refractivity contribution is 14.1. The van der Waals surface area contributed by atoms with Gasteiger partial charge in [-0.2, -0.15) is 0 Å². The van der Waals surface area contributed by atoms with Gasteiger partial charge in [0.15, 0.2) is 11.6 Å². The molecule has 2 nitrogen and oxygen atoms in total. The molecule has 1 unspecified atom stereocenters. The topological polar surface area (TPSA) is 35.2 Å². The standard InChI is InChI=1S/C14H12ClFINO/c1-19-12-4-2-3-9(13(12)16)14(18)10-7-8(15)5-6-11(10)17/h2-7,14H,18H2,1H3. The van der Waals surface area contributed by atoms with E-state index < -0.39 is 11.9 Å². The third kappa shape index (κ3) is 3.01. The Kier molecular flexibility index (Phi) is 4.65. The van der Waals surface area contributed by atoms with E-state index in [4.69, 9.17) is 22.1 Å². The summed E-state index contributed by atoms with van der Waals surface area (Å²) in [6, 6.07) is 9.74. The van der Waals surface area contributed by atoms with Gasteiger partial charge in [-0.3, -0.25) is 0 Å². The lowest BCUT2D eigenvalue weighted by atomic mass is 9.99. The van der Waals surface area contributed by atoms with Crippen LogP contribution in [0.1, 0.15) is 17.2 Å². The molecule has 2 aromatic carbocycles. The van der Waals surface area contributed by atoms with Gasteiger partial charge in [0.05, 0.1) is 13.2 Å². The Morgan fingerprint density at radius 1 is 1.26 bits per heavy atom. The van der Waals surface area contributed by atoms with Crippen LogP contribution in [0, 0.1) is 9.39 Å². The molecule has 100 valence electrons. The van der Waals surface area contributed by atoms with Gasteiger partial charge in [-0.25, -0.2) is 4.39 Å². The Hall–Kier alpha value is -0.850. The van der Waals surface area contributed by atoms with Crippen molar-refractivity contribution in [1.82, 2.24) is 0 Å². The lowest BCUT2D eigenvalue weighted by Crippen LogP contribution is -2.15. The van der Waals surface area contributed by atoms with Gasteiger partial charge >= 0.3 is 0 Å². The minimum absolute atomic E-state index is 0.185. The van der Waals surface area contributed by atoms with Crippen LogP contribution in [0.3, 0.4) is 0 Å². The SMILES string of the molecule is COc1cccc(C(N)c2cc(Cl)ccc2I)c1F. The molecule has 0 spiro atoms. The maximum Gasteiger partial charge on any atom is 0.170 e. The smallest absolute Gasteiger partial charge is 0.170 e. The van der Waals surface area contributed by atoms with Crippen molar-refractivity contribution in [3.8, 4) is 5.75 Å². The number of hydrogen-bond donors (Lipinski definition) is 1. The summed E-state index contributed by atoms with van der Waals surface area (Å²) in [6.45, 7) is 0. The monoisotopic (exact) mass is 391 g/mol. The van der Waals surface area contributed by atoms with Gasteiger partial charge in [-0.05, 0) is 52.4 Å². The van der Waals surface area contributed by atoms with Crippen molar-refractivity contribution in [2.45, 2.75) is 6.04 Å². The van der Waals surface area contributed by atoms with E-state index in [-0.39, 0.29) is 5.75 Å². The second-order valence-electron chi connectivity index (χ2n) is 4.01.